The average molecular weight is 212 g/mol. The number of nitrogens with one attached hydrogen (secondary N) is 2. The number of hydrogen-bond donors (Lipinski definition) is 2. The molecule has 0 aliphatic heterocycles. The van der Waals surface area contributed by atoms with Gasteiger partial charge in [0.1, 0.15) is 0 Å². The molecule has 0 aromatic carbocycles. The Bertz CT molecular complexity index is 320. The van der Waals surface area contributed by atoms with Crippen molar-refractivity contribution >= 4 is 23.2 Å². The highest BCUT2D eigenvalue weighted by Crippen LogP contribution is 2.07. The Kier molecular flexibility index (Phi) is 3.64. The summed E-state index contributed by atoms with van der Waals surface area (Å²) in [5, 5.41) is 1.80. The number of carbonyl (C=O) groups is 2. The maximum absolute atomic E-state index is 11.3. The van der Waals surface area contributed by atoms with Gasteiger partial charge in [-0.3, -0.25) is 20.4 Å². The highest BCUT2D eigenvalue weighted by atomic mass is 32.1. The van der Waals surface area contributed by atoms with E-state index in [4.69, 9.17) is 0 Å². The number of hydrazine groups is 1. The summed E-state index contributed by atoms with van der Waals surface area (Å²) in [6, 6.07) is 3.48. The van der Waals surface area contributed by atoms with Gasteiger partial charge < -0.3 is 0 Å². The predicted molar refractivity (Wildman–Crippen MR) is 54.8 cm³/mol. The molecule has 5 heteroatoms. The molecule has 4 nitrogen and oxygen atoms in total. The van der Waals surface area contributed by atoms with Crippen molar-refractivity contribution in [3.63, 3.8) is 0 Å². The molecule has 2 amide bonds. The molecule has 0 aliphatic carbocycles. The number of rotatable bonds is 2. The van der Waals surface area contributed by atoms with Crippen LogP contribution >= 0.6 is 11.3 Å². The number of carbonyl (C=O) groups excluding carboxylic acids is 2. The van der Waals surface area contributed by atoms with Crippen molar-refractivity contribution in [2.24, 2.45) is 5.92 Å². The van der Waals surface area contributed by atoms with Gasteiger partial charge >= 0.3 is 0 Å². The molecule has 76 valence electrons. The lowest BCUT2D eigenvalue weighted by atomic mass is 10.2. The van der Waals surface area contributed by atoms with Crippen LogP contribution in [0.4, 0.5) is 0 Å². The molecular weight excluding hydrogens is 200 g/mol. The fraction of sp³-hybridized carbons (Fsp3) is 0.333. The van der Waals surface area contributed by atoms with E-state index in [9.17, 15) is 9.59 Å². The van der Waals surface area contributed by atoms with Crippen LogP contribution in [0.3, 0.4) is 0 Å². The van der Waals surface area contributed by atoms with Gasteiger partial charge in [-0.25, -0.2) is 0 Å². The summed E-state index contributed by atoms with van der Waals surface area (Å²) < 4.78 is 0. The van der Waals surface area contributed by atoms with E-state index in [2.05, 4.69) is 10.9 Å². The monoisotopic (exact) mass is 212 g/mol. The second-order valence-electron chi connectivity index (χ2n) is 3.08. The van der Waals surface area contributed by atoms with Crippen molar-refractivity contribution < 1.29 is 9.59 Å². The Morgan fingerprint density at radius 3 is 2.57 bits per heavy atom. The summed E-state index contributed by atoms with van der Waals surface area (Å²) >= 11 is 1.33. The third-order valence-electron chi connectivity index (χ3n) is 1.57. The summed E-state index contributed by atoms with van der Waals surface area (Å²) in [6.45, 7) is 3.51. The topological polar surface area (TPSA) is 58.2 Å². The summed E-state index contributed by atoms with van der Waals surface area (Å²) in [5.74, 6) is -0.623. The van der Waals surface area contributed by atoms with E-state index in [1.165, 1.54) is 11.3 Å². The fourth-order valence-electron chi connectivity index (χ4n) is 0.732. The van der Waals surface area contributed by atoms with Crippen LogP contribution in [-0.4, -0.2) is 11.8 Å². The smallest absolute Gasteiger partial charge is 0.273 e. The second-order valence-corrected chi connectivity index (χ2v) is 4.02. The molecule has 0 radical (unpaired) electrons. The standard InChI is InChI=1S/C9H12N2O2S/c1-6(2)8(12)10-11-9(13)7-4-3-5-14-7/h3-6H,1-2H3,(H,10,12)(H,11,13). The molecule has 0 aliphatic rings. The van der Waals surface area contributed by atoms with Crippen LogP contribution in [0, 0.1) is 5.92 Å². The fourth-order valence-corrected chi connectivity index (χ4v) is 1.35. The first-order valence-electron chi connectivity index (χ1n) is 4.25. The normalized spacial score (nSPS) is 9.93. The van der Waals surface area contributed by atoms with Crippen molar-refractivity contribution in [1.29, 1.82) is 0 Å². The molecule has 1 aromatic heterocycles. The van der Waals surface area contributed by atoms with Gasteiger partial charge in [-0.2, -0.15) is 0 Å². The third-order valence-corrected chi connectivity index (χ3v) is 2.44. The zero-order valence-corrected chi connectivity index (χ0v) is 8.85. The largest absolute Gasteiger partial charge is 0.279 e. The zero-order valence-electron chi connectivity index (χ0n) is 8.03. The van der Waals surface area contributed by atoms with Crippen LogP contribution in [-0.2, 0) is 4.79 Å². The van der Waals surface area contributed by atoms with Crippen molar-refractivity contribution in [1.82, 2.24) is 10.9 Å². The molecule has 0 bridgehead atoms. The van der Waals surface area contributed by atoms with Crippen LogP contribution < -0.4 is 10.9 Å². The van der Waals surface area contributed by atoms with E-state index >= 15 is 0 Å². The molecule has 2 N–H and O–H groups in total. The molecule has 0 unspecified atom stereocenters. The highest BCUT2D eigenvalue weighted by Gasteiger charge is 2.09. The van der Waals surface area contributed by atoms with E-state index in [0.29, 0.717) is 4.88 Å². The lowest BCUT2D eigenvalue weighted by Crippen LogP contribution is -2.43. The Morgan fingerprint density at radius 1 is 1.36 bits per heavy atom. The van der Waals surface area contributed by atoms with E-state index in [-0.39, 0.29) is 17.7 Å². The van der Waals surface area contributed by atoms with E-state index in [1.54, 1.807) is 31.4 Å². The molecular formula is C9H12N2O2S. The minimum absolute atomic E-state index is 0.140. The maximum atomic E-state index is 11.3. The van der Waals surface area contributed by atoms with Crippen molar-refractivity contribution in [3.05, 3.63) is 22.4 Å². The van der Waals surface area contributed by atoms with Crippen LogP contribution in [0.25, 0.3) is 0 Å². The lowest BCUT2D eigenvalue weighted by molar-refractivity contribution is -0.124. The zero-order chi connectivity index (χ0) is 10.6. The first-order chi connectivity index (χ1) is 6.61. The van der Waals surface area contributed by atoms with Gasteiger partial charge in [0.05, 0.1) is 4.88 Å². The van der Waals surface area contributed by atoms with Crippen LogP contribution in [0.2, 0.25) is 0 Å². The molecule has 0 saturated heterocycles. The number of thiophene rings is 1. The first-order valence-corrected chi connectivity index (χ1v) is 5.13. The van der Waals surface area contributed by atoms with Gasteiger partial charge in [0, 0.05) is 5.92 Å². The third kappa shape index (κ3) is 2.85. The van der Waals surface area contributed by atoms with Gasteiger partial charge in [0.25, 0.3) is 5.91 Å². The van der Waals surface area contributed by atoms with Gasteiger partial charge in [-0.05, 0) is 11.4 Å². The van der Waals surface area contributed by atoms with Gasteiger partial charge in [-0.15, -0.1) is 11.3 Å². The Hall–Kier alpha value is -1.36. The molecule has 0 fully saturated rings. The summed E-state index contributed by atoms with van der Waals surface area (Å²) in [7, 11) is 0. The lowest BCUT2D eigenvalue weighted by Gasteiger charge is -2.07. The van der Waals surface area contributed by atoms with Crippen LogP contribution in [0.5, 0.6) is 0 Å². The second kappa shape index (κ2) is 4.76. The minimum atomic E-state index is -0.283. The Labute approximate surface area is 86.3 Å². The SMILES string of the molecule is CC(C)C(=O)NNC(=O)c1cccs1. The van der Waals surface area contributed by atoms with Crippen LogP contribution in [0.15, 0.2) is 17.5 Å². The molecule has 1 rings (SSSR count). The number of amides is 2. The van der Waals surface area contributed by atoms with Gasteiger partial charge in [0.15, 0.2) is 0 Å². The van der Waals surface area contributed by atoms with Gasteiger partial charge in [-0.1, -0.05) is 19.9 Å². The van der Waals surface area contributed by atoms with E-state index in [1.807, 2.05) is 0 Å². The van der Waals surface area contributed by atoms with Crippen molar-refractivity contribution in [2.45, 2.75) is 13.8 Å². The molecule has 14 heavy (non-hydrogen) atoms. The van der Waals surface area contributed by atoms with Crippen LogP contribution in [0.1, 0.15) is 23.5 Å². The summed E-state index contributed by atoms with van der Waals surface area (Å²) in [6.07, 6.45) is 0. The van der Waals surface area contributed by atoms with Crippen molar-refractivity contribution in [3.8, 4) is 0 Å². The predicted octanol–water partition coefficient (Wildman–Crippen LogP) is 1.17. The molecule has 0 saturated carbocycles. The van der Waals surface area contributed by atoms with Crippen molar-refractivity contribution in [2.75, 3.05) is 0 Å². The number of hydrogen-bond acceptors (Lipinski definition) is 3. The molecule has 0 atom stereocenters. The summed E-state index contributed by atoms with van der Waals surface area (Å²) in [4.78, 5) is 23.0. The summed E-state index contributed by atoms with van der Waals surface area (Å²) in [5.41, 5.74) is 4.68. The van der Waals surface area contributed by atoms with E-state index < -0.39 is 0 Å². The Balaban J connectivity index is 2.40. The maximum Gasteiger partial charge on any atom is 0.279 e. The Morgan fingerprint density at radius 2 is 2.07 bits per heavy atom. The average Bonchev–Trinajstić information content (AvgIpc) is 2.66. The minimum Gasteiger partial charge on any atom is -0.273 e. The first kappa shape index (κ1) is 10.7. The molecule has 0 spiro atoms. The highest BCUT2D eigenvalue weighted by molar-refractivity contribution is 7.12. The molecule has 1 heterocycles. The van der Waals surface area contributed by atoms with Gasteiger partial charge in [0.2, 0.25) is 5.91 Å². The molecule has 1 aromatic rings. The quantitative estimate of drug-likeness (QED) is 0.723. The van der Waals surface area contributed by atoms with E-state index in [0.717, 1.165) is 0 Å².